The number of methoxy groups -OCH3 is 3. The quantitative estimate of drug-likeness (QED) is 0.0813. The van der Waals surface area contributed by atoms with Gasteiger partial charge >= 0.3 is 6.18 Å². The van der Waals surface area contributed by atoms with Crippen LogP contribution in [0.25, 0.3) is 22.1 Å². The van der Waals surface area contributed by atoms with Gasteiger partial charge in [0, 0.05) is 43.0 Å². The molecule has 15 heteroatoms. The van der Waals surface area contributed by atoms with Crippen molar-refractivity contribution in [3.8, 4) is 17.2 Å². The van der Waals surface area contributed by atoms with Crippen molar-refractivity contribution in [3.05, 3.63) is 113 Å². The normalized spacial score (nSPS) is 14.8. The number of ketones is 2. The smallest absolute Gasteiger partial charge is 0.389 e. The van der Waals surface area contributed by atoms with Crippen LogP contribution < -0.4 is 19.5 Å². The maximum absolute atomic E-state index is 14.1. The van der Waals surface area contributed by atoms with Gasteiger partial charge in [0.15, 0.2) is 23.1 Å². The van der Waals surface area contributed by atoms with Crippen molar-refractivity contribution in [2.75, 3.05) is 41.0 Å². The first-order valence-electron chi connectivity index (χ1n) is 20.9. The lowest BCUT2D eigenvalue weighted by molar-refractivity contribution is -0.135. The van der Waals surface area contributed by atoms with Gasteiger partial charge in [-0.25, -0.2) is 9.97 Å². The standard InChI is InChI=1S/C47H51F3N6O6/c1-5-33(25-32(29-13-7-6-8-14-29)28-51-46(59)31-26-38(60-2)43(62-4)39(27-31)61-3)55-23-19-30(20-24-55)41(57)44-52-36-17-11-15-34(40(36)54-44)42(58)45-53-35-16-9-10-18-37(35)56(45)22-12-21-47(48,49)50/h6-11,13-18,26-27,30,32-33H,5,12,19-25,28H2,1-4H3,(H,51,59)(H,52,54). The number of alkyl halides is 3. The molecule has 1 aliphatic rings. The molecule has 1 aliphatic heterocycles. The van der Waals surface area contributed by atoms with E-state index in [9.17, 15) is 27.6 Å². The number of nitrogens with zero attached hydrogens (tertiary/aromatic N) is 4. The summed E-state index contributed by atoms with van der Waals surface area (Å²) in [7, 11) is 4.52. The number of aromatic nitrogens is 4. The van der Waals surface area contributed by atoms with E-state index in [0.717, 1.165) is 18.4 Å². The molecule has 2 aromatic heterocycles. The van der Waals surface area contributed by atoms with E-state index in [-0.39, 0.29) is 59.7 Å². The van der Waals surface area contributed by atoms with E-state index >= 15 is 0 Å². The maximum Gasteiger partial charge on any atom is 0.389 e. The van der Waals surface area contributed by atoms with Gasteiger partial charge in [-0.1, -0.05) is 55.5 Å². The molecule has 0 spiro atoms. The number of carbonyl (C=O) groups is 3. The molecule has 326 valence electrons. The van der Waals surface area contributed by atoms with Crippen LogP contribution in [-0.4, -0.2) is 95.1 Å². The van der Waals surface area contributed by atoms with Crippen molar-refractivity contribution in [1.82, 2.24) is 29.7 Å². The Morgan fingerprint density at radius 2 is 1.58 bits per heavy atom. The SMILES string of the molecule is CCC(CC(CNC(=O)c1cc(OC)c(OC)c(OC)c1)c1ccccc1)N1CCC(C(=O)c2nc3c(C(=O)c4nc5ccccc5n4CCCC(F)(F)F)cccc3[nH]2)CC1. The zero-order valence-corrected chi connectivity index (χ0v) is 35.3. The van der Waals surface area contributed by atoms with Crippen molar-refractivity contribution < 1.29 is 41.8 Å². The van der Waals surface area contributed by atoms with E-state index in [1.165, 1.54) is 25.9 Å². The van der Waals surface area contributed by atoms with Crippen molar-refractivity contribution in [2.45, 2.75) is 70.1 Å². The summed E-state index contributed by atoms with van der Waals surface area (Å²) in [6, 6.07) is 25.6. The third kappa shape index (κ3) is 9.62. The van der Waals surface area contributed by atoms with Crippen LogP contribution in [0.15, 0.2) is 84.9 Å². The third-order valence-corrected chi connectivity index (χ3v) is 11.8. The van der Waals surface area contributed by atoms with Gasteiger partial charge in [0.05, 0.1) is 43.4 Å². The van der Waals surface area contributed by atoms with Crippen LogP contribution in [-0.2, 0) is 6.54 Å². The molecule has 2 atom stereocenters. The Labute approximate surface area is 357 Å². The molecule has 2 unspecified atom stereocenters. The zero-order chi connectivity index (χ0) is 44.0. The Kier molecular flexibility index (Phi) is 13.6. The number of para-hydroxylation sites is 3. The Morgan fingerprint density at radius 3 is 2.24 bits per heavy atom. The molecule has 1 saturated heterocycles. The summed E-state index contributed by atoms with van der Waals surface area (Å²) in [5.74, 6) is 0.201. The molecule has 2 N–H and O–H groups in total. The number of nitrogens with one attached hydrogen (secondary N) is 2. The number of benzene rings is 4. The van der Waals surface area contributed by atoms with E-state index in [0.29, 0.717) is 77.4 Å². The number of ether oxygens (including phenoxy) is 3. The number of imidazole rings is 2. The summed E-state index contributed by atoms with van der Waals surface area (Å²) in [5.41, 5.74) is 3.58. The van der Waals surface area contributed by atoms with Crippen molar-refractivity contribution in [1.29, 1.82) is 0 Å². The molecule has 3 heterocycles. The van der Waals surface area contributed by atoms with Gasteiger partial charge in [-0.3, -0.25) is 14.4 Å². The van der Waals surface area contributed by atoms with Gasteiger partial charge in [0.1, 0.15) is 5.52 Å². The highest BCUT2D eigenvalue weighted by molar-refractivity contribution is 6.15. The second-order valence-corrected chi connectivity index (χ2v) is 15.6. The third-order valence-electron chi connectivity index (χ3n) is 11.8. The minimum Gasteiger partial charge on any atom is -0.493 e. The number of aromatic amines is 1. The zero-order valence-electron chi connectivity index (χ0n) is 35.3. The molecular formula is C47H51F3N6O6. The van der Waals surface area contributed by atoms with Crippen LogP contribution in [0.5, 0.6) is 17.2 Å². The number of halogens is 3. The lowest BCUT2D eigenvalue weighted by Gasteiger charge is -2.38. The molecule has 1 fully saturated rings. The number of rotatable bonds is 18. The van der Waals surface area contributed by atoms with Gasteiger partial charge in [0.2, 0.25) is 17.3 Å². The summed E-state index contributed by atoms with van der Waals surface area (Å²) in [6.45, 7) is 3.91. The van der Waals surface area contributed by atoms with Gasteiger partial charge in [-0.15, -0.1) is 0 Å². The summed E-state index contributed by atoms with van der Waals surface area (Å²) in [6.07, 6.45) is -2.63. The monoisotopic (exact) mass is 852 g/mol. The van der Waals surface area contributed by atoms with Crippen LogP contribution in [0.4, 0.5) is 13.2 Å². The second kappa shape index (κ2) is 19.2. The molecule has 0 aliphatic carbocycles. The first-order valence-corrected chi connectivity index (χ1v) is 20.9. The number of Topliss-reactive ketones (excluding diaryl/α,β-unsaturated/α-hetero) is 1. The predicted molar refractivity (Wildman–Crippen MR) is 229 cm³/mol. The summed E-state index contributed by atoms with van der Waals surface area (Å²) in [5, 5.41) is 3.14. The second-order valence-electron chi connectivity index (χ2n) is 15.6. The highest BCUT2D eigenvalue weighted by Gasteiger charge is 2.33. The largest absolute Gasteiger partial charge is 0.493 e. The summed E-state index contributed by atoms with van der Waals surface area (Å²) >= 11 is 0. The molecule has 0 saturated carbocycles. The number of carbonyl (C=O) groups excluding carboxylic acids is 3. The van der Waals surface area contributed by atoms with E-state index < -0.39 is 18.4 Å². The van der Waals surface area contributed by atoms with Crippen LogP contribution >= 0.6 is 0 Å². The number of fused-ring (bicyclic) bond motifs is 2. The maximum atomic E-state index is 14.1. The molecule has 7 rings (SSSR count). The molecule has 6 aromatic rings. The molecule has 0 bridgehead atoms. The number of H-pyrrole nitrogens is 1. The van der Waals surface area contributed by atoms with Crippen molar-refractivity contribution in [2.24, 2.45) is 5.92 Å². The number of hydrogen-bond acceptors (Lipinski definition) is 9. The number of amides is 1. The minimum absolute atomic E-state index is 0.00952. The number of aryl methyl sites for hydroxylation is 1. The Bertz CT molecular complexity index is 2500. The van der Waals surface area contributed by atoms with Gasteiger partial charge in [-0.05, 0) is 87.2 Å². The number of piperidine rings is 1. The summed E-state index contributed by atoms with van der Waals surface area (Å²) < 4.78 is 57.1. The Morgan fingerprint density at radius 1 is 0.887 bits per heavy atom. The summed E-state index contributed by atoms with van der Waals surface area (Å²) in [4.78, 5) is 56.4. The lowest BCUT2D eigenvalue weighted by atomic mass is 9.87. The van der Waals surface area contributed by atoms with E-state index in [4.69, 9.17) is 14.2 Å². The van der Waals surface area contributed by atoms with Crippen LogP contribution in [0.1, 0.15) is 94.1 Å². The first-order chi connectivity index (χ1) is 29.9. The van der Waals surface area contributed by atoms with E-state index in [1.54, 1.807) is 54.6 Å². The van der Waals surface area contributed by atoms with Gasteiger partial charge < -0.3 is 34.0 Å². The fraction of sp³-hybridized carbons (Fsp3) is 0.383. The van der Waals surface area contributed by atoms with Crippen molar-refractivity contribution in [3.63, 3.8) is 0 Å². The fourth-order valence-electron chi connectivity index (χ4n) is 8.58. The predicted octanol–water partition coefficient (Wildman–Crippen LogP) is 8.79. The van der Waals surface area contributed by atoms with Gasteiger partial charge in [-0.2, -0.15) is 13.2 Å². The molecule has 4 aromatic carbocycles. The highest BCUT2D eigenvalue weighted by Crippen LogP contribution is 2.38. The molecule has 0 radical (unpaired) electrons. The molecule has 62 heavy (non-hydrogen) atoms. The number of hydrogen-bond donors (Lipinski definition) is 2. The molecule has 1 amide bonds. The minimum atomic E-state index is -4.32. The first kappa shape index (κ1) is 43.9. The van der Waals surface area contributed by atoms with E-state index in [2.05, 4.69) is 44.2 Å². The topological polar surface area (TPSA) is 141 Å². The molecular weight excluding hydrogens is 802 g/mol. The average molecular weight is 853 g/mol. The lowest BCUT2D eigenvalue weighted by Crippen LogP contribution is -2.44. The fourth-order valence-corrected chi connectivity index (χ4v) is 8.58. The van der Waals surface area contributed by atoms with Crippen molar-refractivity contribution >= 4 is 39.5 Å². The Hall–Kier alpha value is -6.22. The van der Waals surface area contributed by atoms with Crippen LogP contribution in [0, 0.1) is 5.92 Å². The average Bonchev–Trinajstić information content (AvgIpc) is 3.90. The molecule has 12 nitrogen and oxygen atoms in total. The number of likely N-dealkylation sites (tertiary alicyclic amines) is 1. The van der Waals surface area contributed by atoms with Crippen LogP contribution in [0.3, 0.4) is 0 Å². The van der Waals surface area contributed by atoms with E-state index in [1.807, 2.05) is 18.2 Å². The Balaban J connectivity index is 1.03. The van der Waals surface area contributed by atoms with Gasteiger partial charge in [0.25, 0.3) is 5.91 Å². The van der Waals surface area contributed by atoms with Crippen LogP contribution in [0.2, 0.25) is 0 Å². The highest BCUT2D eigenvalue weighted by atomic mass is 19.4.